The molecule has 0 amide bonds. The minimum Gasteiger partial charge on any atom is -0.504 e. The van der Waals surface area contributed by atoms with E-state index in [1.165, 1.54) is 19.2 Å². The first kappa shape index (κ1) is 13.6. The fourth-order valence-electron chi connectivity index (χ4n) is 2.17. The summed E-state index contributed by atoms with van der Waals surface area (Å²) in [5, 5.41) is 17.6. The number of rotatable bonds is 2. The number of methoxy groups -OCH3 is 1. The van der Waals surface area contributed by atoms with E-state index in [-0.39, 0.29) is 33.8 Å². The highest BCUT2D eigenvalue weighted by molar-refractivity contribution is 5.89. The average Bonchev–Trinajstić information content (AvgIpc) is 2.45. The molecule has 3 rings (SSSR count). The quantitative estimate of drug-likeness (QED) is 0.444. The van der Waals surface area contributed by atoms with E-state index in [4.69, 9.17) is 10.1 Å². The van der Waals surface area contributed by atoms with Crippen molar-refractivity contribution >= 4 is 11.0 Å². The number of aromatic hydroxyl groups is 1. The fourth-order valence-corrected chi connectivity index (χ4v) is 2.17. The number of phenolic OH excluding ortho intramolecular Hbond substituents is 1. The van der Waals surface area contributed by atoms with E-state index in [2.05, 4.69) is 19.9 Å². The summed E-state index contributed by atoms with van der Waals surface area (Å²) < 4.78 is 4.96. The lowest BCUT2D eigenvalue weighted by molar-refractivity contribution is 0.373. The van der Waals surface area contributed by atoms with Gasteiger partial charge in [-0.3, -0.25) is 20.2 Å². The third-order valence-corrected chi connectivity index (χ3v) is 3.10. The van der Waals surface area contributed by atoms with E-state index in [9.17, 15) is 14.7 Å². The molecule has 0 unspecified atom stereocenters. The molecule has 1 aromatic carbocycles. The molecule has 0 fully saturated rings. The van der Waals surface area contributed by atoms with Crippen molar-refractivity contribution in [3.8, 4) is 22.8 Å². The summed E-state index contributed by atoms with van der Waals surface area (Å²) in [4.78, 5) is 34.4. The van der Waals surface area contributed by atoms with Crippen LogP contribution in [-0.4, -0.2) is 32.2 Å². The van der Waals surface area contributed by atoms with E-state index in [0.717, 1.165) is 0 Å². The lowest BCUT2D eigenvalue weighted by atomic mass is 10.1. The topological polar surface area (TPSA) is 148 Å². The van der Waals surface area contributed by atoms with Crippen molar-refractivity contribution in [2.75, 3.05) is 7.11 Å². The van der Waals surface area contributed by atoms with Crippen molar-refractivity contribution < 1.29 is 9.84 Å². The number of ether oxygens (including phenoxy) is 1. The Morgan fingerprint density at radius 2 is 2.00 bits per heavy atom. The Hall–Kier alpha value is -3.36. The van der Waals surface area contributed by atoms with Gasteiger partial charge in [-0.25, -0.2) is 9.78 Å². The minimum atomic E-state index is -0.692. The molecule has 3 aromatic rings. The van der Waals surface area contributed by atoms with E-state index in [1.807, 2.05) is 0 Å². The van der Waals surface area contributed by atoms with Crippen LogP contribution in [0.15, 0.2) is 27.8 Å². The van der Waals surface area contributed by atoms with Crippen molar-refractivity contribution in [2.45, 2.75) is 0 Å². The summed E-state index contributed by atoms with van der Waals surface area (Å²) in [7, 11) is 1.41. The van der Waals surface area contributed by atoms with Crippen LogP contribution >= 0.6 is 0 Å². The van der Waals surface area contributed by atoms with Crippen LogP contribution in [0.3, 0.4) is 0 Å². The summed E-state index contributed by atoms with van der Waals surface area (Å²) in [5.41, 5.74) is -0.925. The highest BCUT2D eigenvalue weighted by Crippen LogP contribution is 2.31. The van der Waals surface area contributed by atoms with Crippen LogP contribution in [0.1, 0.15) is 0 Å². The molecule has 9 nitrogen and oxygen atoms in total. The Bertz CT molecular complexity index is 1040. The zero-order chi connectivity index (χ0) is 15.9. The van der Waals surface area contributed by atoms with Crippen molar-refractivity contribution in [1.29, 1.82) is 5.41 Å². The zero-order valence-corrected chi connectivity index (χ0v) is 11.4. The first-order chi connectivity index (χ1) is 10.5. The molecule has 0 saturated heterocycles. The molecular weight excluding hydrogens is 290 g/mol. The zero-order valence-electron chi connectivity index (χ0n) is 11.4. The number of H-pyrrole nitrogens is 3. The second kappa shape index (κ2) is 4.88. The number of hydrogen-bond acceptors (Lipinski definition) is 6. The minimum absolute atomic E-state index is 0.0825. The second-order valence-electron chi connectivity index (χ2n) is 4.48. The third kappa shape index (κ3) is 2.14. The number of aromatic nitrogens is 4. The fraction of sp³-hybridized carbons (Fsp3) is 0.0769. The molecule has 112 valence electrons. The number of nitrogens with zero attached hydrogens (tertiary/aromatic N) is 1. The summed E-state index contributed by atoms with van der Waals surface area (Å²) in [6.07, 6.45) is 0. The molecule has 22 heavy (non-hydrogen) atoms. The van der Waals surface area contributed by atoms with Crippen molar-refractivity contribution in [2.24, 2.45) is 0 Å². The molecule has 0 aliphatic rings. The van der Waals surface area contributed by atoms with Crippen molar-refractivity contribution in [3.05, 3.63) is 44.7 Å². The molecule has 0 bridgehead atoms. The monoisotopic (exact) mass is 301 g/mol. The number of aromatic amines is 3. The molecule has 2 aromatic heterocycles. The summed E-state index contributed by atoms with van der Waals surface area (Å²) in [6.45, 7) is 0. The first-order valence-corrected chi connectivity index (χ1v) is 6.18. The van der Waals surface area contributed by atoms with Crippen molar-refractivity contribution in [3.63, 3.8) is 0 Å². The van der Waals surface area contributed by atoms with Gasteiger partial charge in [-0.05, 0) is 18.2 Å². The predicted molar refractivity (Wildman–Crippen MR) is 76.8 cm³/mol. The molecule has 0 atom stereocenters. The van der Waals surface area contributed by atoms with Gasteiger partial charge in [0.15, 0.2) is 11.5 Å². The van der Waals surface area contributed by atoms with Crippen LogP contribution in [0.4, 0.5) is 0 Å². The lowest BCUT2D eigenvalue weighted by Gasteiger charge is -2.07. The Labute approximate surface area is 121 Å². The molecule has 0 radical (unpaired) electrons. The van der Waals surface area contributed by atoms with E-state index in [0.29, 0.717) is 5.56 Å². The van der Waals surface area contributed by atoms with Gasteiger partial charge in [0.05, 0.1) is 12.8 Å². The predicted octanol–water partition coefficient (Wildman–Crippen LogP) is -0.200. The van der Waals surface area contributed by atoms with Gasteiger partial charge in [-0.1, -0.05) is 0 Å². The summed E-state index contributed by atoms with van der Waals surface area (Å²) in [5.74, 6) is 0.138. The number of fused-ring (bicyclic) bond motifs is 1. The number of nitrogens with one attached hydrogen (secondary N) is 4. The van der Waals surface area contributed by atoms with Gasteiger partial charge in [0.25, 0.3) is 5.56 Å². The molecule has 0 saturated carbocycles. The first-order valence-electron chi connectivity index (χ1n) is 6.18. The van der Waals surface area contributed by atoms with Crippen LogP contribution in [-0.2, 0) is 0 Å². The lowest BCUT2D eigenvalue weighted by Crippen LogP contribution is -2.26. The smallest absolute Gasteiger partial charge is 0.327 e. The average molecular weight is 301 g/mol. The van der Waals surface area contributed by atoms with Gasteiger partial charge >= 0.3 is 5.69 Å². The van der Waals surface area contributed by atoms with Crippen LogP contribution in [0, 0.1) is 5.41 Å². The molecule has 0 aliphatic carbocycles. The van der Waals surface area contributed by atoms with E-state index >= 15 is 0 Å². The number of hydrogen-bond donors (Lipinski definition) is 5. The maximum Gasteiger partial charge on any atom is 0.327 e. The van der Waals surface area contributed by atoms with Gasteiger partial charge in [0.2, 0.25) is 5.62 Å². The SMILES string of the molecule is COc1ccc(-c2nc(=N)[nH]c3[nH]c(=O)[nH]c(=O)c23)cc1O. The highest BCUT2D eigenvalue weighted by atomic mass is 16.5. The molecule has 9 heteroatoms. The largest absolute Gasteiger partial charge is 0.504 e. The standard InChI is InChI=1S/C13H11N5O4/c1-22-7-3-2-5(4-6(7)19)9-8-10(16-12(14)15-9)17-13(21)18-11(8)20/h2-4,19H,1H3,(H4,14,15,16,17,18,20,21). The van der Waals surface area contributed by atoms with Gasteiger partial charge < -0.3 is 14.8 Å². The van der Waals surface area contributed by atoms with Gasteiger partial charge in [-0.15, -0.1) is 0 Å². The second-order valence-corrected chi connectivity index (χ2v) is 4.48. The molecular formula is C13H11N5O4. The molecule has 0 aliphatic heterocycles. The normalized spacial score (nSPS) is 10.8. The third-order valence-electron chi connectivity index (χ3n) is 3.10. The Morgan fingerprint density at radius 1 is 1.23 bits per heavy atom. The van der Waals surface area contributed by atoms with Crippen LogP contribution in [0.2, 0.25) is 0 Å². The van der Waals surface area contributed by atoms with E-state index < -0.39 is 11.2 Å². The van der Waals surface area contributed by atoms with Gasteiger partial charge in [0, 0.05) is 5.56 Å². The maximum atomic E-state index is 12.0. The molecule has 2 heterocycles. The maximum absolute atomic E-state index is 12.0. The van der Waals surface area contributed by atoms with Gasteiger partial charge in [-0.2, -0.15) is 0 Å². The van der Waals surface area contributed by atoms with Crippen LogP contribution < -0.4 is 21.6 Å². The number of benzene rings is 1. The molecule has 0 spiro atoms. The Kier molecular flexibility index (Phi) is 3.02. The van der Waals surface area contributed by atoms with Crippen LogP contribution in [0.25, 0.3) is 22.3 Å². The van der Waals surface area contributed by atoms with Crippen molar-refractivity contribution in [1.82, 2.24) is 19.9 Å². The summed E-state index contributed by atoms with van der Waals surface area (Å²) in [6, 6.07) is 4.47. The Morgan fingerprint density at radius 3 is 2.68 bits per heavy atom. The highest BCUT2D eigenvalue weighted by Gasteiger charge is 2.13. The van der Waals surface area contributed by atoms with Crippen LogP contribution in [0.5, 0.6) is 11.5 Å². The van der Waals surface area contributed by atoms with E-state index in [1.54, 1.807) is 6.07 Å². The molecule has 5 N–H and O–H groups in total. The Balaban J connectivity index is 2.40. The summed E-state index contributed by atoms with van der Waals surface area (Å²) >= 11 is 0. The van der Waals surface area contributed by atoms with Gasteiger partial charge in [0.1, 0.15) is 11.0 Å². The number of phenols is 1.